The van der Waals surface area contributed by atoms with E-state index in [0.29, 0.717) is 6.54 Å². The van der Waals surface area contributed by atoms with Gasteiger partial charge in [-0.05, 0) is 19.0 Å². The van der Waals surface area contributed by atoms with Crippen LogP contribution in [0, 0.1) is 0 Å². The minimum atomic E-state index is -0.237. The minimum absolute atomic E-state index is 0.0423. The first-order valence-corrected chi connectivity index (χ1v) is 6.29. The average Bonchev–Trinajstić information content (AvgIpc) is 2.76. The molecular weight excluding hydrogens is 228 g/mol. The maximum absolute atomic E-state index is 11.9. The molecule has 0 aromatic heterocycles. The standard InChI is InChI=1S/C14H20N2O2/c1-15-9-8-13(11-15)18-14(17)16(2)10-12-6-4-3-5-7-12/h3-7,13H,8-11H2,1-2H3/t13-/m1/s1. The highest BCUT2D eigenvalue weighted by atomic mass is 16.6. The Hall–Kier alpha value is -1.55. The molecule has 18 heavy (non-hydrogen) atoms. The van der Waals surface area contributed by atoms with E-state index in [4.69, 9.17) is 4.74 Å². The van der Waals surface area contributed by atoms with Crippen molar-refractivity contribution < 1.29 is 9.53 Å². The number of ether oxygens (including phenoxy) is 1. The van der Waals surface area contributed by atoms with E-state index < -0.39 is 0 Å². The van der Waals surface area contributed by atoms with Crippen LogP contribution < -0.4 is 0 Å². The molecule has 2 rings (SSSR count). The molecule has 1 aromatic rings. The first-order valence-electron chi connectivity index (χ1n) is 6.29. The van der Waals surface area contributed by atoms with Crippen molar-refractivity contribution in [2.75, 3.05) is 27.2 Å². The van der Waals surface area contributed by atoms with E-state index in [1.807, 2.05) is 37.4 Å². The molecule has 0 N–H and O–H groups in total. The van der Waals surface area contributed by atoms with Crippen LogP contribution in [0.5, 0.6) is 0 Å². The van der Waals surface area contributed by atoms with Crippen LogP contribution in [0.1, 0.15) is 12.0 Å². The van der Waals surface area contributed by atoms with E-state index in [1.165, 1.54) is 0 Å². The van der Waals surface area contributed by atoms with E-state index >= 15 is 0 Å². The zero-order chi connectivity index (χ0) is 13.0. The molecule has 1 amide bonds. The van der Waals surface area contributed by atoms with Gasteiger partial charge in [0.2, 0.25) is 0 Å². The lowest BCUT2D eigenvalue weighted by Gasteiger charge is -2.20. The molecule has 1 saturated heterocycles. The van der Waals surface area contributed by atoms with E-state index in [2.05, 4.69) is 4.90 Å². The molecule has 0 aliphatic carbocycles. The Kier molecular flexibility index (Phi) is 4.20. The van der Waals surface area contributed by atoms with Crippen LogP contribution in [0.15, 0.2) is 30.3 Å². The smallest absolute Gasteiger partial charge is 0.410 e. The Labute approximate surface area is 108 Å². The third-order valence-electron chi connectivity index (χ3n) is 3.19. The van der Waals surface area contributed by atoms with Gasteiger partial charge in [0.1, 0.15) is 6.10 Å². The van der Waals surface area contributed by atoms with Gasteiger partial charge in [-0.3, -0.25) is 0 Å². The van der Waals surface area contributed by atoms with Crippen molar-refractivity contribution >= 4 is 6.09 Å². The zero-order valence-electron chi connectivity index (χ0n) is 11.0. The van der Waals surface area contributed by atoms with Crippen molar-refractivity contribution in [1.82, 2.24) is 9.80 Å². The lowest BCUT2D eigenvalue weighted by molar-refractivity contribution is 0.0717. The molecular formula is C14H20N2O2. The van der Waals surface area contributed by atoms with E-state index in [9.17, 15) is 4.79 Å². The van der Waals surface area contributed by atoms with Gasteiger partial charge in [-0.25, -0.2) is 4.79 Å². The van der Waals surface area contributed by atoms with Gasteiger partial charge in [0.05, 0.1) is 0 Å². The third kappa shape index (κ3) is 3.47. The molecule has 98 valence electrons. The number of likely N-dealkylation sites (tertiary alicyclic amines) is 1. The number of amides is 1. The summed E-state index contributed by atoms with van der Waals surface area (Å²) in [7, 11) is 3.81. The molecule has 0 bridgehead atoms. The van der Waals surface area contributed by atoms with Gasteiger partial charge < -0.3 is 14.5 Å². The molecule has 4 heteroatoms. The van der Waals surface area contributed by atoms with Gasteiger partial charge in [-0.2, -0.15) is 0 Å². The Balaban J connectivity index is 1.82. The monoisotopic (exact) mass is 248 g/mol. The fraction of sp³-hybridized carbons (Fsp3) is 0.500. The van der Waals surface area contributed by atoms with Gasteiger partial charge in [-0.15, -0.1) is 0 Å². The normalized spacial score (nSPS) is 19.8. The van der Waals surface area contributed by atoms with Gasteiger partial charge in [0.25, 0.3) is 0 Å². The maximum atomic E-state index is 11.9. The fourth-order valence-electron chi connectivity index (χ4n) is 2.15. The summed E-state index contributed by atoms with van der Waals surface area (Å²) in [5, 5.41) is 0. The molecule has 0 unspecified atom stereocenters. The lowest BCUT2D eigenvalue weighted by atomic mass is 10.2. The summed E-state index contributed by atoms with van der Waals surface area (Å²) < 4.78 is 5.46. The molecule has 1 fully saturated rings. The van der Waals surface area contributed by atoms with Crippen molar-refractivity contribution in [3.05, 3.63) is 35.9 Å². The van der Waals surface area contributed by atoms with E-state index in [1.54, 1.807) is 11.9 Å². The molecule has 1 atom stereocenters. The molecule has 1 heterocycles. The highest BCUT2D eigenvalue weighted by Crippen LogP contribution is 2.12. The molecule has 1 aromatic carbocycles. The molecule has 1 aliphatic rings. The number of hydrogen-bond donors (Lipinski definition) is 0. The van der Waals surface area contributed by atoms with E-state index in [0.717, 1.165) is 25.1 Å². The second kappa shape index (κ2) is 5.87. The van der Waals surface area contributed by atoms with Crippen LogP contribution in [0.4, 0.5) is 4.79 Å². The summed E-state index contributed by atoms with van der Waals surface area (Å²) in [6.07, 6.45) is 0.737. The topological polar surface area (TPSA) is 32.8 Å². The summed E-state index contributed by atoms with van der Waals surface area (Å²) >= 11 is 0. The predicted molar refractivity (Wildman–Crippen MR) is 70.3 cm³/mol. The van der Waals surface area contributed by atoms with E-state index in [-0.39, 0.29) is 12.2 Å². The highest BCUT2D eigenvalue weighted by Gasteiger charge is 2.24. The summed E-state index contributed by atoms with van der Waals surface area (Å²) in [6, 6.07) is 9.93. The number of carbonyl (C=O) groups is 1. The Bertz CT molecular complexity index is 394. The first-order chi connectivity index (χ1) is 8.65. The second-order valence-corrected chi connectivity index (χ2v) is 4.90. The summed E-state index contributed by atoms with van der Waals surface area (Å²) in [5.41, 5.74) is 1.11. The van der Waals surface area contributed by atoms with Crippen molar-refractivity contribution in [3.63, 3.8) is 0 Å². The van der Waals surface area contributed by atoms with Gasteiger partial charge in [0, 0.05) is 26.7 Å². The quantitative estimate of drug-likeness (QED) is 0.819. The van der Waals surface area contributed by atoms with Crippen molar-refractivity contribution in [1.29, 1.82) is 0 Å². The zero-order valence-corrected chi connectivity index (χ0v) is 11.0. The van der Waals surface area contributed by atoms with Crippen molar-refractivity contribution in [2.24, 2.45) is 0 Å². The Morgan fingerprint density at radius 3 is 2.78 bits per heavy atom. The summed E-state index contributed by atoms with van der Waals surface area (Å²) in [5.74, 6) is 0. The van der Waals surface area contributed by atoms with Crippen LogP contribution in [0.2, 0.25) is 0 Å². The van der Waals surface area contributed by atoms with Crippen LogP contribution in [0.25, 0.3) is 0 Å². The van der Waals surface area contributed by atoms with Crippen molar-refractivity contribution in [2.45, 2.75) is 19.1 Å². The predicted octanol–water partition coefficient (Wildman–Crippen LogP) is 1.96. The van der Waals surface area contributed by atoms with Crippen LogP contribution in [-0.2, 0) is 11.3 Å². The van der Waals surface area contributed by atoms with Crippen LogP contribution >= 0.6 is 0 Å². The van der Waals surface area contributed by atoms with Crippen molar-refractivity contribution in [3.8, 4) is 0 Å². The minimum Gasteiger partial charge on any atom is -0.445 e. The largest absolute Gasteiger partial charge is 0.445 e. The number of nitrogens with zero attached hydrogens (tertiary/aromatic N) is 2. The number of hydrogen-bond acceptors (Lipinski definition) is 3. The number of rotatable bonds is 3. The van der Waals surface area contributed by atoms with Gasteiger partial charge in [0.15, 0.2) is 0 Å². The fourth-order valence-corrected chi connectivity index (χ4v) is 2.15. The SMILES string of the molecule is CN1CC[C@@H](OC(=O)N(C)Cc2ccccc2)C1. The van der Waals surface area contributed by atoms with Gasteiger partial charge in [-0.1, -0.05) is 30.3 Å². The number of carbonyl (C=O) groups excluding carboxylic acids is 1. The summed E-state index contributed by atoms with van der Waals surface area (Å²) in [6.45, 7) is 2.42. The summed E-state index contributed by atoms with van der Waals surface area (Å²) in [4.78, 5) is 15.7. The number of likely N-dealkylation sites (N-methyl/N-ethyl adjacent to an activating group) is 1. The Morgan fingerprint density at radius 2 is 2.17 bits per heavy atom. The highest BCUT2D eigenvalue weighted by molar-refractivity contribution is 5.67. The molecule has 1 aliphatic heterocycles. The average molecular weight is 248 g/mol. The lowest BCUT2D eigenvalue weighted by Crippen LogP contribution is -2.31. The first kappa shape index (κ1) is 12.9. The second-order valence-electron chi connectivity index (χ2n) is 4.90. The Morgan fingerprint density at radius 1 is 1.44 bits per heavy atom. The maximum Gasteiger partial charge on any atom is 0.410 e. The molecule has 4 nitrogen and oxygen atoms in total. The van der Waals surface area contributed by atoms with Crippen LogP contribution in [0.3, 0.4) is 0 Å². The molecule has 0 radical (unpaired) electrons. The molecule has 0 saturated carbocycles. The number of benzene rings is 1. The van der Waals surface area contributed by atoms with Crippen LogP contribution in [-0.4, -0.2) is 49.2 Å². The van der Waals surface area contributed by atoms with Gasteiger partial charge >= 0.3 is 6.09 Å². The third-order valence-corrected chi connectivity index (χ3v) is 3.19. The molecule has 0 spiro atoms.